The van der Waals surface area contributed by atoms with Crippen molar-refractivity contribution >= 4 is 16.0 Å². The molecule has 0 aliphatic heterocycles. The molecule has 16 heavy (non-hydrogen) atoms. The molecule has 0 saturated carbocycles. The molecular weight excluding hydrogens is 249 g/mol. The van der Waals surface area contributed by atoms with Gasteiger partial charge < -0.3 is 5.73 Å². The minimum Gasteiger partial charge on any atom is -0.386 e. The SMILES string of the molecule is CC(C(=N)N)N(C)S(=O)(=O)NCC(F)(F)F. The lowest BCUT2D eigenvalue weighted by Gasteiger charge is -2.23. The number of nitrogens with two attached hydrogens (primary N) is 1. The van der Waals surface area contributed by atoms with Crippen LogP contribution in [0.15, 0.2) is 0 Å². The summed E-state index contributed by atoms with van der Waals surface area (Å²) in [4.78, 5) is 0. The number of hydrogen-bond acceptors (Lipinski definition) is 3. The summed E-state index contributed by atoms with van der Waals surface area (Å²) in [5.74, 6) is -0.458. The van der Waals surface area contributed by atoms with Crippen molar-refractivity contribution in [3.63, 3.8) is 0 Å². The van der Waals surface area contributed by atoms with Gasteiger partial charge in [-0.1, -0.05) is 0 Å². The first kappa shape index (κ1) is 15.1. The van der Waals surface area contributed by atoms with E-state index in [9.17, 15) is 21.6 Å². The van der Waals surface area contributed by atoms with Gasteiger partial charge in [0.05, 0.1) is 6.04 Å². The molecule has 0 aromatic heterocycles. The van der Waals surface area contributed by atoms with Gasteiger partial charge in [-0.25, -0.2) is 0 Å². The van der Waals surface area contributed by atoms with Crippen molar-refractivity contribution in [3.05, 3.63) is 0 Å². The summed E-state index contributed by atoms with van der Waals surface area (Å²) >= 11 is 0. The van der Waals surface area contributed by atoms with E-state index in [2.05, 4.69) is 0 Å². The van der Waals surface area contributed by atoms with Crippen LogP contribution in [-0.2, 0) is 10.2 Å². The molecule has 1 atom stereocenters. The van der Waals surface area contributed by atoms with E-state index in [0.29, 0.717) is 4.31 Å². The Kier molecular flexibility index (Phi) is 4.70. The summed E-state index contributed by atoms with van der Waals surface area (Å²) in [6.45, 7) is -0.376. The van der Waals surface area contributed by atoms with E-state index in [1.807, 2.05) is 0 Å². The number of amidine groups is 1. The van der Waals surface area contributed by atoms with Crippen LogP contribution in [0.1, 0.15) is 6.92 Å². The van der Waals surface area contributed by atoms with Gasteiger partial charge in [0.25, 0.3) is 10.2 Å². The maximum atomic E-state index is 11.8. The summed E-state index contributed by atoms with van der Waals surface area (Å²) < 4.78 is 59.9. The fraction of sp³-hybridized carbons (Fsp3) is 0.833. The third kappa shape index (κ3) is 4.77. The first-order valence-electron chi connectivity index (χ1n) is 4.10. The van der Waals surface area contributed by atoms with Crippen LogP contribution in [0, 0.1) is 5.41 Å². The molecule has 0 aromatic rings. The van der Waals surface area contributed by atoms with E-state index in [0.717, 1.165) is 7.05 Å². The van der Waals surface area contributed by atoms with Crippen molar-refractivity contribution in [2.45, 2.75) is 19.1 Å². The van der Waals surface area contributed by atoms with Crippen LogP contribution in [0.25, 0.3) is 0 Å². The van der Waals surface area contributed by atoms with E-state index < -0.39 is 34.8 Å². The Morgan fingerprint density at radius 3 is 2.31 bits per heavy atom. The van der Waals surface area contributed by atoms with Gasteiger partial charge in [-0.2, -0.15) is 30.6 Å². The van der Waals surface area contributed by atoms with Crippen LogP contribution in [0.2, 0.25) is 0 Å². The third-order valence-corrected chi connectivity index (χ3v) is 3.41. The average Bonchev–Trinajstić information content (AvgIpc) is 2.11. The molecule has 4 N–H and O–H groups in total. The van der Waals surface area contributed by atoms with E-state index in [1.54, 1.807) is 0 Å². The Labute approximate surface area is 91.3 Å². The van der Waals surface area contributed by atoms with Gasteiger partial charge >= 0.3 is 6.18 Å². The molecule has 0 aliphatic rings. The Balaban J connectivity index is 4.62. The molecule has 96 valence electrons. The highest BCUT2D eigenvalue weighted by molar-refractivity contribution is 7.87. The highest BCUT2D eigenvalue weighted by Gasteiger charge is 2.32. The molecule has 0 amide bonds. The molecule has 0 saturated heterocycles. The van der Waals surface area contributed by atoms with Crippen molar-refractivity contribution < 1.29 is 21.6 Å². The summed E-state index contributed by atoms with van der Waals surface area (Å²) in [5.41, 5.74) is 5.04. The lowest BCUT2D eigenvalue weighted by Crippen LogP contribution is -2.49. The molecule has 1 unspecified atom stereocenters. The Morgan fingerprint density at radius 2 is 2.00 bits per heavy atom. The van der Waals surface area contributed by atoms with Crippen molar-refractivity contribution in [1.82, 2.24) is 9.03 Å². The molecule has 0 rings (SSSR count). The van der Waals surface area contributed by atoms with E-state index in [4.69, 9.17) is 11.1 Å². The van der Waals surface area contributed by atoms with Gasteiger partial charge in [-0.15, -0.1) is 0 Å². The van der Waals surface area contributed by atoms with E-state index in [-0.39, 0.29) is 0 Å². The van der Waals surface area contributed by atoms with Gasteiger partial charge in [0.1, 0.15) is 12.4 Å². The van der Waals surface area contributed by atoms with Gasteiger partial charge in [-0.05, 0) is 6.92 Å². The molecule has 10 heteroatoms. The highest BCUT2D eigenvalue weighted by Crippen LogP contribution is 2.13. The van der Waals surface area contributed by atoms with Crippen LogP contribution in [-0.4, -0.2) is 44.4 Å². The number of nitrogens with one attached hydrogen (secondary N) is 2. The second kappa shape index (κ2) is 4.97. The Bertz CT molecular complexity index is 353. The molecule has 0 heterocycles. The van der Waals surface area contributed by atoms with Crippen molar-refractivity contribution in [2.24, 2.45) is 5.73 Å². The lowest BCUT2D eigenvalue weighted by molar-refractivity contribution is -0.121. The molecule has 0 bridgehead atoms. The van der Waals surface area contributed by atoms with Gasteiger partial charge in [0.15, 0.2) is 0 Å². The molecule has 0 radical (unpaired) electrons. The summed E-state index contributed by atoms with van der Waals surface area (Å²) in [6, 6.07) is -1.01. The first-order valence-corrected chi connectivity index (χ1v) is 5.54. The topological polar surface area (TPSA) is 99.3 Å². The molecule has 0 fully saturated rings. The largest absolute Gasteiger partial charge is 0.402 e. The predicted molar refractivity (Wildman–Crippen MR) is 52.1 cm³/mol. The number of rotatable bonds is 5. The minimum atomic E-state index is -4.63. The zero-order valence-corrected chi connectivity index (χ0v) is 9.48. The van der Waals surface area contributed by atoms with Gasteiger partial charge in [0.2, 0.25) is 0 Å². The van der Waals surface area contributed by atoms with Gasteiger partial charge in [-0.3, -0.25) is 5.41 Å². The Hall–Kier alpha value is -0.870. The summed E-state index contributed by atoms with van der Waals surface area (Å²) in [7, 11) is -3.26. The fourth-order valence-electron chi connectivity index (χ4n) is 0.679. The number of halogens is 3. The summed E-state index contributed by atoms with van der Waals surface area (Å²) in [5, 5.41) is 6.99. The zero-order valence-electron chi connectivity index (χ0n) is 8.67. The third-order valence-electron chi connectivity index (χ3n) is 1.83. The van der Waals surface area contributed by atoms with Crippen LogP contribution < -0.4 is 10.5 Å². The van der Waals surface area contributed by atoms with Crippen molar-refractivity contribution in [2.75, 3.05) is 13.6 Å². The Morgan fingerprint density at radius 1 is 1.56 bits per heavy atom. The maximum absolute atomic E-state index is 11.8. The van der Waals surface area contributed by atoms with Crippen LogP contribution in [0.4, 0.5) is 13.2 Å². The maximum Gasteiger partial charge on any atom is 0.402 e. The number of alkyl halides is 3. The van der Waals surface area contributed by atoms with Crippen molar-refractivity contribution in [1.29, 1.82) is 5.41 Å². The number of likely N-dealkylation sites (N-methyl/N-ethyl adjacent to an activating group) is 1. The normalized spacial score (nSPS) is 15.1. The lowest BCUT2D eigenvalue weighted by atomic mass is 10.3. The number of hydrogen-bond donors (Lipinski definition) is 3. The van der Waals surface area contributed by atoms with Crippen LogP contribution in [0.5, 0.6) is 0 Å². The number of nitrogens with zero attached hydrogens (tertiary/aromatic N) is 1. The fourth-order valence-corrected chi connectivity index (χ4v) is 1.76. The quantitative estimate of drug-likeness (QED) is 0.466. The first-order chi connectivity index (χ1) is 6.97. The molecule has 0 aromatic carbocycles. The monoisotopic (exact) mass is 262 g/mol. The minimum absolute atomic E-state index is 0.458. The highest BCUT2D eigenvalue weighted by atomic mass is 32.2. The second-order valence-electron chi connectivity index (χ2n) is 3.09. The van der Waals surface area contributed by atoms with Gasteiger partial charge in [0, 0.05) is 7.05 Å². The van der Waals surface area contributed by atoms with Crippen LogP contribution >= 0.6 is 0 Å². The molecule has 6 nitrogen and oxygen atoms in total. The smallest absolute Gasteiger partial charge is 0.386 e. The zero-order chi connectivity index (χ0) is 13.1. The average molecular weight is 262 g/mol. The predicted octanol–water partition coefficient (Wildman–Crippen LogP) is -0.361. The molecule has 0 spiro atoms. The molecular formula is C6H13F3N4O2S. The van der Waals surface area contributed by atoms with E-state index in [1.165, 1.54) is 11.6 Å². The standard InChI is InChI=1S/C6H13F3N4O2S/c1-4(5(10)11)13(2)16(14,15)12-3-6(7,8)9/h4,12H,3H2,1-2H3,(H3,10,11). The van der Waals surface area contributed by atoms with Crippen molar-refractivity contribution in [3.8, 4) is 0 Å². The van der Waals surface area contributed by atoms with E-state index >= 15 is 0 Å². The summed E-state index contributed by atoms with van der Waals surface area (Å²) in [6.07, 6.45) is -4.63. The second-order valence-corrected chi connectivity index (χ2v) is 4.90. The molecule has 0 aliphatic carbocycles. The van der Waals surface area contributed by atoms with Crippen LogP contribution in [0.3, 0.4) is 0 Å².